The second-order valence-electron chi connectivity index (χ2n) is 3.15. The van der Waals surface area contributed by atoms with E-state index in [1.807, 2.05) is 11.3 Å². The van der Waals surface area contributed by atoms with Crippen LogP contribution >= 0.6 is 39.0 Å². The molecule has 13 heavy (non-hydrogen) atoms. The Morgan fingerprint density at radius 3 is 3.08 bits per heavy atom. The van der Waals surface area contributed by atoms with E-state index in [2.05, 4.69) is 45.1 Å². The Labute approximate surface area is 95.4 Å². The van der Waals surface area contributed by atoms with Crippen molar-refractivity contribution in [2.75, 3.05) is 11.5 Å². The van der Waals surface area contributed by atoms with Crippen molar-refractivity contribution in [3.05, 3.63) is 20.8 Å². The lowest BCUT2D eigenvalue weighted by molar-refractivity contribution is 0.561. The Bertz CT molecular complexity index is 268. The van der Waals surface area contributed by atoms with Gasteiger partial charge >= 0.3 is 0 Å². The van der Waals surface area contributed by atoms with Crippen LogP contribution in [0.1, 0.15) is 11.3 Å². The van der Waals surface area contributed by atoms with E-state index in [9.17, 15) is 0 Å². The summed E-state index contributed by atoms with van der Waals surface area (Å²) in [4.78, 5) is 1.42. The molecule has 2 heterocycles. The number of hydrogen-bond acceptors (Lipinski definition) is 3. The van der Waals surface area contributed by atoms with Crippen molar-refractivity contribution in [3.63, 3.8) is 0 Å². The van der Waals surface area contributed by atoms with E-state index in [1.54, 1.807) is 0 Å². The summed E-state index contributed by atoms with van der Waals surface area (Å²) in [6.07, 6.45) is 1.33. The van der Waals surface area contributed by atoms with Crippen LogP contribution in [0.2, 0.25) is 0 Å². The fourth-order valence-electron chi connectivity index (χ4n) is 1.39. The summed E-state index contributed by atoms with van der Waals surface area (Å²) in [5.74, 6) is 2.61. The van der Waals surface area contributed by atoms with Crippen molar-refractivity contribution in [2.45, 2.75) is 19.0 Å². The molecular weight excluding hydrogens is 266 g/mol. The molecule has 0 spiro atoms. The molecule has 4 heteroatoms. The van der Waals surface area contributed by atoms with Crippen molar-refractivity contribution in [1.82, 2.24) is 5.32 Å². The third kappa shape index (κ3) is 2.98. The highest BCUT2D eigenvalue weighted by Crippen LogP contribution is 2.23. The molecule has 72 valence electrons. The Hall–Kier alpha value is 0.490. The van der Waals surface area contributed by atoms with Gasteiger partial charge in [0.1, 0.15) is 0 Å². The molecule has 1 aromatic heterocycles. The van der Waals surface area contributed by atoms with E-state index in [4.69, 9.17) is 0 Å². The van der Waals surface area contributed by atoms with Gasteiger partial charge in [-0.25, -0.2) is 0 Å². The van der Waals surface area contributed by atoms with Gasteiger partial charge < -0.3 is 5.32 Å². The first-order valence-corrected chi connectivity index (χ1v) is 7.16. The van der Waals surface area contributed by atoms with Crippen molar-refractivity contribution in [1.29, 1.82) is 0 Å². The van der Waals surface area contributed by atoms with Gasteiger partial charge in [0.25, 0.3) is 0 Å². The lowest BCUT2D eigenvalue weighted by Crippen LogP contribution is -2.27. The van der Waals surface area contributed by atoms with Crippen LogP contribution in [-0.2, 0) is 6.54 Å². The molecule has 1 unspecified atom stereocenters. The predicted molar refractivity (Wildman–Crippen MR) is 64.6 cm³/mol. The molecule has 0 amide bonds. The summed E-state index contributed by atoms with van der Waals surface area (Å²) in [6.45, 7) is 1.03. The van der Waals surface area contributed by atoms with Crippen LogP contribution in [0.3, 0.4) is 0 Å². The molecule has 1 N–H and O–H groups in total. The maximum Gasteiger partial charge on any atom is 0.0701 e. The highest BCUT2D eigenvalue weighted by molar-refractivity contribution is 9.11. The van der Waals surface area contributed by atoms with Gasteiger partial charge in [0.2, 0.25) is 0 Å². The van der Waals surface area contributed by atoms with Crippen molar-refractivity contribution in [2.24, 2.45) is 0 Å². The van der Waals surface area contributed by atoms with E-state index >= 15 is 0 Å². The van der Waals surface area contributed by atoms with Gasteiger partial charge in [-0.15, -0.1) is 11.3 Å². The van der Waals surface area contributed by atoms with Gasteiger partial charge in [-0.1, -0.05) is 0 Å². The van der Waals surface area contributed by atoms with Crippen LogP contribution in [0.5, 0.6) is 0 Å². The first-order chi connectivity index (χ1) is 6.34. The van der Waals surface area contributed by atoms with Gasteiger partial charge in [0.15, 0.2) is 0 Å². The van der Waals surface area contributed by atoms with E-state index in [0.717, 1.165) is 12.6 Å². The quantitative estimate of drug-likeness (QED) is 0.911. The smallest absolute Gasteiger partial charge is 0.0701 e. The third-order valence-electron chi connectivity index (χ3n) is 2.12. The molecule has 0 aromatic carbocycles. The number of thiophene rings is 1. The van der Waals surface area contributed by atoms with E-state index in [1.165, 1.54) is 26.6 Å². The molecule has 1 atom stereocenters. The maximum atomic E-state index is 3.58. The maximum absolute atomic E-state index is 3.58. The molecule has 1 aromatic rings. The SMILES string of the molecule is Brc1ccc(CNC2CCSC2)s1. The Morgan fingerprint density at radius 1 is 1.54 bits per heavy atom. The van der Waals surface area contributed by atoms with Crippen LogP contribution in [0.4, 0.5) is 0 Å². The second-order valence-corrected chi connectivity index (χ2v) is 6.84. The first kappa shape index (κ1) is 10.0. The minimum absolute atomic E-state index is 0.742. The lowest BCUT2D eigenvalue weighted by Gasteiger charge is -2.08. The summed E-state index contributed by atoms with van der Waals surface area (Å²) in [5, 5.41) is 3.58. The Morgan fingerprint density at radius 2 is 2.46 bits per heavy atom. The molecule has 2 rings (SSSR count). The average Bonchev–Trinajstić information content (AvgIpc) is 2.71. The molecule has 1 nitrogen and oxygen atoms in total. The number of thioether (sulfide) groups is 1. The minimum Gasteiger partial charge on any atom is -0.308 e. The fourth-order valence-corrected chi connectivity index (χ4v) is 4.01. The zero-order valence-electron chi connectivity index (χ0n) is 7.25. The number of nitrogens with one attached hydrogen (secondary N) is 1. The molecule has 1 fully saturated rings. The van der Waals surface area contributed by atoms with Gasteiger partial charge in [-0.2, -0.15) is 11.8 Å². The topological polar surface area (TPSA) is 12.0 Å². The second kappa shape index (κ2) is 4.82. The largest absolute Gasteiger partial charge is 0.308 e. The highest BCUT2D eigenvalue weighted by Gasteiger charge is 2.14. The normalized spacial score (nSPS) is 22.4. The molecular formula is C9H12BrNS2. The summed E-state index contributed by atoms with van der Waals surface area (Å²) in [7, 11) is 0. The van der Waals surface area contributed by atoms with E-state index in [0.29, 0.717) is 0 Å². The van der Waals surface area contributed by atoms with Gasteiger partial charge in [-0.3, -0.25) is 0 Å². The lowest BCUT2D eigenvalue weighted by atomic mass is 10.2. The molecule has 0 bridgehead atoms. The zero-order valence-corrected chi connectivity index (χ0v) is 10.5. The average molecular weight is 278 g/mol. The van der Waals surface area contributed by atoms with Gasteiger partial charge in [-0.05, 0) is 40.2 Å². The van der Waals surface area contributed by atoms with E-state index < -0.39 is 0 Å². The van der Waals surface area contributed by atoms with Gasteiger partial charge in [0.05, 0.1) is 3.79 Å². The molecule has 1 aliphatic rings. The number of hydrogen-bond donors (Lipinski definition) is 1. The summed E-state index contributed by atoms with van der Waals surface area (Å²) in [6, 6.07) is 5.04. The molecule has 0 saturated carbocycles. The molecule has 0 radical (unpaired) electrons. The Kier molecular flexibility index (Phi) is 3.72. The third-order valence-corrected chi connectivity index (χ3v) is 4.91. The predicted octanol–water partition coefficient (Wildman–Crippen LogP) is 3.11. The van der Waals surface area contributed by atoms with Crippen LogP contribution in [0, 0.1) is 0 Å². The van der Waals surface area contributed by atoms with Gasteiger partial charge in [0, 0.05) is 23.2 Å². The minimum atomic E-state index is 0.742. The Balaban J connectivity index is 1.78. The highest BCUT2D eigenvalue weighted by atomic mass is 79.9. The van der Waals surface area contributed by atoms with Crippen molar-refractivity contribution in [3.8, 4) is 0 Å². The van der Waals surface area contributed by atoms with Crippen LogP contribution in [0.25, 0.3) is 0 Å². The van der Waals surface area contributed by atoms with Crippen LogP contribution in [-0.4, -0.2) is 17.5 Å². The fraction of sp³-hybridized carbons (Fsp3) is 0.556. The van der Waals surface area contributed by atoms with Crippen LogP contribution in [0.15, 0.2) is 15.9 Å². The zero-order chi connectivity index (χ0) is 9.10. The summed E-state index contributed by atoms with van der Waals surface area (Å²) >= 11 is 7.34. The standard InChI is InChI=1S/C9H12BrNS2/c10-9-2-1-8(13-9)5-11-7-3-4-12-6-7/h1-2,7,11H,3-6H2. The van der Waals surface area contributed by atoms with E-state index in [-0.39, 0.29) is 0 Å². The number of halogens is 1. The monoisotopic (exact) mass is 277 g/mol. The molecule has 0 aliphatic carbocycles. The summed E-state index contributed by atoms with van der Waals surface area (Å²) in [5.41, 5.74) is 0. The summed E-state index contributed by atoms with van der Waals surface area (Å²) < 4.78 is 1.23. The van der Waals surface area contributed by atoms with Crippen molar-refractivity contribution < 1.29 is 0 Å². The molecule has 1 saturated heterocycles. The first-order valence-electron chi connectivity index (χ1n) is 4.40. The molecule has 1 aliphatic heterocycles. The van der Waals surface area contributed by atoms with Crippen LogP contribution < -0.4 is 5.32 Å². The number of rotatable bonds is 3. The van der Waals surface area contributed by atoms with Crippen molar-refractivity contribution >= 4 is 39.0 Å².